The smallest absolute Gasteiger partial charge is 0.251 e. The van der Waals surface area contributed by atoms with Gasteiger partial charge in [0.25, 0.3) is 5.91 Å². The summed E-state index contributed by atoms with van der Waals surface area (Å²) < 4.78 is 10.7. The van der Waals surface area contributed by atoms with Crippen molar-refractivity contribution in [3.05, 3.63) is 23.8 Å². The van der Waals surface area contributed by atoms with Crippen molar-refractivity contribution < 1.29 is 19.4 Å². The first kappa shape index (κ1) is 15.6. The first-order valence-corrected chi connectivity index (χ1v) is 7.01. The number of benzene rings is 1. The summed E-state index contributed by atoms with van der Waals surface area (Å²) in [5.74, 6) is 0.437. The third-order valence-electron chi connectivity index (χ3n) is 3.69. The van der Waals surface area contributed by atoms with Crippen LogP contribution in [0.5, 0.6) is 11.5 Å². The number of amides is 1. The number of carbonyl (C=O) groups excluding carboxylic acids is 1. The molecule has 1 aliphatic rings. The largest absolute Gasteiger partial charge is 0.504 e. The maximum Gasteiger partial charge on any atom is 0.251 e. The van der Waals surface area contributed by atoms with Crippen molar-refractivity contribution in [2.24, 2.45) is 5.73 Å². The van der Waals surface area contributed by atoms with E-state index in [-0.39, 0.29) is 17.8 Å². The molecule has 1 aliphatic heterocycles. The molecule has 6 nitrogen and oxygen atoms in total. The third kappa shape index (κ3) is 3.65. The maximum absolute atomic E-state index is 12.3. The minimum absolute atomic E-state index is 0.0129. The van der Waals surface area contributed by atoms with Gasteiger partial charge in [-0.05, 0) is 30.5 Å². The molecule has 0 radical (unpaired) electrons. The molecule has 1 aromatic rings. The predicted molar refractivity (Wildman–Crippen MR) is 78.1 cm³/mol. The number of hydrogen-bond acceptors (Lipinski definition) is 5. The van der Waals surface area contributed by atoms with Gasteiger partial charge in [-0.15, -0.1) is 0 Å². The number of methoxy groups -OCH3 is 1. The zero-order valence-electron chi connectivity index (χ0n) is 12.4. The van der Waals surface area contributed by atoms with Gasteiger partial charge < -0.3 is 25.2 Å². The van der Waals surface area contributed by atoms with Crippen LogP contribution in [-0.2, 0) is 16.1 Å². The molecule has 2 rings (SSSR count). The van der Waals surface area contributed by atoms with E-state index in [1.54, 1.807) is 30.1 Å². The zero-order valence-corrected chi connectivity index (χ0v) is 12.4. The second-order valence-corrected chi connectivity index (χ2v) is 5.26. The first-order chi connectivity index (χ1) is 10.0. The molecular weight excluding hydrogens is 272 g/mol. The Labute approximate surface area is 124 Å². The summed E-state index contributed by atoms with van der Waals surface area (Å²) in [6.07, 6.45) is 1.13. The Kier molecular flexibility index (Phi) is 5.03. The number of hydrogen-bond donors (Lipinski definition) is 2. The normalized spacial score (nSPS) is 21.3. The Bertz CT molecular complexity index is 506. The van der Waals surface area contributed by atoms with Gasteiger partial charge in [-0.1, -0.05) is 6.07 Å². The van der Waals surface area contributed by atoms with Gasteiger partial charge in [-0.2, -0.15) is 0 Å². The summed E-state index contributed by atoms with van der Waals surface area (Å²) in [6, 6.07) is 5.04. The number of likely N-dealkylation sites (N-methyl/N-ethyl adjacent to an activating group) is 1. The number of phenols is 1. The topological polar surface area (TPSA) is 85.0 Å². The van der Waals surface area contributed by atoms with Gasteiger partial charge in [0, 0.05) is 20.1 Å². The van der Waals surface area contributed by atoms with E-state index in [1.165, 1.54) is 7.11 Å². The summed E-state index contributed by atoms with van der Waals surface area (Å²) in [5, 5.41) is 9.57. The standard InChI is InChI=1S/C15H22N2O4/c1-17(15(19)13-6-4-11(8-16)21-13)9-10-3-5-12(18)14(7-10)20-2/h3,5,7,11,13,18H,4,6,8-9,16H2,1-2H3. The molecule has 1 fully saturated rings. The van der Waals surface area contributed by atoms with Gasteiger partial charge in [0.15, 0.2) is 11.5 Å². The van der Waals surface area contributed by atoms with E-state index >= 15 is 0 Å². The van der Waals surface area contributed by atoms with Crippen LogP contribution in [0.4, 0.5) is 0 Å². The van der Waals surface area contributed by atoms with Crippen molar-refractivity contribution >= 4 is 5.91 Å². The summed E-state index contributed by atoms with van der Waals surface area (Å²) in [5.41, 5.74) is 6.44. The Morgan fingerprint density at radius 1 is 1.52 bits per heavy atom. The van der Waals surface area contributed by atoms with Crippen LogP contribution in [0, 0.1) is 0 Å². The molecular formula is C15H22N2O4. The number of phenolic OH excluding ortho intramolecular Hbond substituents is 1. The SMILES string of the molecule is COc1cc(CN(C)C(=O)C2CCC(CN)O2)ccc1O. The molecule has 0 aliphatic carbocycles. The minimum atomic E-state index is -0.400. The van der Waals surface area contributed by atoms with E-state index in [0.717, 1.165) is 12.0 Å². The number of nitrogens with zero attached hydrogens (tertiary/aromatic N) is 1. The molecule has 0 saturated carbocycles. The predicted octanol–water partition coefficient (Wildman–Crippen LogP) is 0.865. The van der Waals surface area contributed by atoms with Gasteiger partial charge in [0.05, 0.1) is 13.2 Å². The van der Waals surface area contributed by atoms with E-state index in [4.69, 9.17) is 15.2 Å². The maximum atomic E-state index is 12.3. The average molecular weight is 294 g/mol. The highest BCUT2D eigenvalue weighted by atomic mass is 16.5. The van der Waals surface area contributed by atoms with E-state index in [9.17, 15) is 9.90 Å². The van der Waals surface area contributed by atoms with E-state index in [0.29, 0.717) is 25.3 Å². The molecule has 116 valence electrons. The molecule has 6 heteroatoms. The summed E-state index contributed by atoms with van der Waals surface area (Å²) in [6.45, 7) is 0.880. The minimum Gasteiger partial charge on any atom is -0.504 e. The number of ether oxygens (including phenoxy) is 2. The van der Waals surface area contributed by atoms with Crippen molar-refractivity contribution in [2.75, 3.05) is 20.7 Å². The Balaban J connectivity index is 1.97. The lowest BCUT2D eigenvalue weighted by Gasteiger charge is -2.21. The summed E-state index contributed by atoms with van der Waals surface area (Å²) in [7, 11) is 3.23. The second-order valence-electron chi connectivity index (χ2n) is 5.26. The van der Waals surface area contributed by atoms with Crippen LogP contribution in [0.15, 0.2) is 18.2 Å². The molecule has 0 spiro atoms. The molecule has 21 heavy (non-hydrogen) atoms. The first-order valence-electron chi connectivity index (χ1n) is 7.01. The lowest BCUT2D eigenvalue weighted by atomic mass is 10.1. The molecule has 1 heterocycles. The van der Waals surface area contributed by atoms with Crippen molar-refractivity contribution in [2.45, 2.75) is 31.6 Å². The van der Waals surface area contributed by atoms with E-state index < -0.39 is 6.10 Å². The molecule has 1 saturated heterocycles. The number of rotatable bonds is 5. The highest BCUT2D eigenvalue weighted by Gasteiger charge is 2.31. The highest BCUT2D eigenvalue weighted by Crippen LogP contribution is 2.27. The van der Waals surface area contributed by atoms with Crippen LogP contribution < -0.4 is 10.5 Å². The van der Waals surface area contributed by atoms with Crippen molar-refractivity contribution in [1.29, 1.82) is 0 Å². The summed E-state index contributed by atoms with van der Waals surface area (Å²) in [4.78, 5) is 13.9. The van der Waals surface area contributed by atoms with Crippen LogP contribution >= 0.6 is 0 Å². The Morgan fingerprint density at radius 2 is 2.29 bits per heavy atom. The Hall–Kier alpha value is -1.79. The van der Waals surface area contributed by atoms with Crippen LogP contribution in [0.25, 0.3) is 0 Å². The van der Waals surface area contributed by atoms with Crippen LogP contribution in [0.2, 0.25) is 0 Å². The highest BCUT2D eigenvalue weighted by molar-refractivity contribution is 5.81. The number of carbonyl (C=O) groups is 1. The zero-order chi connectivity index (χ0) is 15.4. The Morgan fingerprint density at radius 3 is 2.90 bits per heavy atom. The molecule has 1 amide bonds. The van der Waals surface area contributed by atoms with Crippen LogP contribution in [-0.4, -0.2) is 48.8 Å². The second kappa shape index (κ2) is 6.78. The van der Waals surface area contributed by atoms with Crippen LogP contribution in [0.1, 0.15) is 18.4 Å². The molecule has 2 unspecified atom stereocenters. The van der Waals surface area contributed by atoms with Gasteiger partial charge in [0.2, 0.25) is 0 Å². The molecule has 0 bridgehead atoms. The number of nitrogens with two attached hydrogens (primary N) is 1. The third-order valence-corrected chi connectivity index (χ3v) is 3.69. The van der Waals surface area contributed by atoms with E-state index in [1.807, 2.05) is 0 Å². The average Bonchev–Trinajstić information content (AvgIpc) is 2.97. The molecule has 3 N–H and O–H groups in total. The monoisotopic (exact) mass is 294 g/mol. The van der Waals surface area contributed by atoms with Crippen molar-refractivity contribution in [3.8, 4) is 11.5 Å². The van der Waals surface area contributed by atoms with Gasteiger partial charge >= 0.3 is 0 Å². The van der Waals surface area contributed by atoms with Gasteiger partial charge in [0.1, 0.15) is 6.10 Å². The van der Waals surface area contributed by atoms with E-state index in [2.05, 4.69) is 0 Å². The van der Waals surface area contributed by atoms with Gasteiger partial charge in [-0.3, -0.25) is 4.79 Å². The molecule has 1 aromatic carbocycles. The van der Waals surface area contributed by atoms with Crippen LogP contribution in [0.3, 0.4) is 0 Å². The molecule has 0 aromatic heterocycles. The van der Waals surface area contributed by atoms with Gasteiger partial charge in [-0.25, -0.2) is 0 Å². The molecule has 2 atom stereocenters. The fourth-order valence-corrected chi connectivity index (χ4v) is 2.48. The lowest BCUT2D eigenvalue weighted by Crippen LogP contribution is -2.36. The fourth-order valence-electron chi connectivity index (χ4n) is 2.48. The van der Waals surface area contributed by atoms with Crippen molar-refractivity contribution in [3.63, 3.8) is 0 Å². The lowest BCUT2D eigenvalue weighted by molar-refractivity contribution is -0.141. The fraction of sp³-hybridized carbons (Fsp3) is 0.533. The number of aromatic hydroxyl groups is 1. The quantitative estimate of drug-likeness (QED) is 0.841. The van der Waals surface area contributed by atoms with Crippen molar-refractivity contribution in [1.82, 2.24) is 4.90 Å². The summed E-state index contributed by atoms with van der Waals surface area (Å²) >= 11 is 0.